The molecule has 0 amide bonds. The minimum atomic E-state index is -0.0272. The molecule has 0 bridgehead atoms. The van der Waals surface area contributed by atoms with Gasteiger partial charge in [-0.2, -0.15) is 0 Å². The zero-order valence-corrected chi connectivity index (χ0v) is 11.9. The van der Waals surface area contributed by atoms with E-state index in [0.717, 1.165) is 25.2 Å². The summed E-state index contributed by atoms with van der Waals surface area (Å²) in [7, 11) is 0. The predicted octanol–water partition coefficient (Wildman–Crippen LogP) is 3.86. The fourth-order valence-electron chi connectivity index (χ4n) is 1.21. The molecule has 0 spiro atoms. The minimum absolute atomic E-state index is 0. The van der Waals surface area contributed by atoms with Gasteiger partial charge in [0.1, 0.15) is 0 Å². The molecule has 0 saturated heterocycles. The van der Waals surface area contributed by atoms with E-state index < -0.39 is 0 Å². The van der Waals surface area contributed by atoms with Gasteiger partial charge < -0.3 is 5.73 Å². The number of carbonyl (C=O) groups is 1. The molecule has 0 aliphatic carbocycles. The smallest absolute Gasteiger partial charge is 0.185 e. The van der Waals surface area contributed by atoms with Gasteiger partial charge in [-0.1, -0.05) is 57.2 Å². The van der Waals surface area contributed by atoms with Crippen LogP contribution in [0.3, 0.4) is 0 Å². The van der Waals surface area contributed by atoms with Crippen LogP contribution in [0.15, 0.2) is 48.0 Å². The van der Waals surface area contributed by atoms with E-state index in [1.807, 2.05) is 25.1 Å². The normalized spacial score (nSPS) is 10.3. The third-order valence-corrected chi connectivity index (χ3v) is 2.43. The van der Waals surface area contributed by atoms with E-state index in [2.05, 4.69) is 18.5 Å². The number of carbonyl (C=O) groups excluding carboxylic acids is 1. The summed E-state index contributed by atoms with van der Waals surface area (Å²) in [4.78, 5) is 15.0. The second kappa shape index (κ2) is 11.2. The SMILES string of the molecule is C=CC(=O)c1ccccc1.CCCCN=C(N)CC.[HH]. The van der Waals surface area contributed by atoms with Gasteiger partial charge in [0.15, 0.2) is 5.78 Å². The van der Waals surface area contributed by atoms with Gasteiger partial charge in [-0.05, 0) is 12.5 Å². The van der Waals surface area contributed by atoms with Gasteiger partial charge in [0.25, 0.3) is 0 Å². The van der Waals surface area contributed by atoms with Gasteiger partial charge in [0.05, 0.1) is 5.84 Å². The average molecular weight is 262 g/mol. The first-order valence-corrected chi connectivity index (χ1v) is 6.66. The van der Waals surface area contributed by atoms with Crippen LogP contribution in [0.25, 0.3) is 0 Å². The van der Waals surface area contributed by atoms with E-state index in [1.54, 1.807) is 12.1 Å². The van der Waals surface area contributed by atoms with Crippen molar-refractivity contribution in [1.29, 1.82) is 0 Å². The molecule has 0 fully saturated rings. The molecule has 0 heterocycles. The molecule has 19 heavy (non-hydrogen) atoms. The highest BCUT2D eigenvalue weighted by molar-refractivity contribution is 6.04. The standard InChI is InChI=1S/C9H8O.C7H16N2.H2/c1-2-9(10)8-6-4-3-5-7-8;1-3-5-6-9-7(8)4-2;/h2-7H,1H2;3-6H2,1-2H3,(H2,8,9);1H. The van der Waals surface area contributed by atoms with Crippen LogP contribution in [0, 0.1) is 0 Å². The van der Waals surface area contributed by atoms with Crippen molar-refractivity contribution in [2.75, 3.05) is 6.54 Å². The minimum Gasteiger partial charge on any atom is -0.387 e. The second-order valence-corrected chi connectivity index (χ2v) is 4.01. The molecule has 0 radical (unpaired) electrons. The number of hydrogen-bond acceptors (Lipinski definition) is 2. The summed E-state index contributed by atoms with van der Waals surface area (Å²) in [6, 6.07) is 9.07. The lowest BCUT2D eigenvalue weighted by atomic mass is 10.1. The van der Waals surface area contributed by atoms with Crippen LogP contribution in [0.5, 0.6) is 0 Å². The largest absolute Gasteiger partial charge is 0.387 e. The summed E-state index contributed by atoms with van der Waals surface area (Å²) in [6.07, 6.45) is 4.54. The first-order chi connectivity index (χ1) is 9.15. The lowest BCUT2D eigenvalue weighted by molar-refractivity contribution is 0.104. The van der Waals surface area contributed by atoms with Gasteiger partial charge in [0.2, 0.25) is 0 Å². The number of hydrogen-bond donors (Lipinski definition) is 1. The van der Waals surface area contributed by atoms with Crippen LogP contribution in [0.2, 0.25) is 0 Å². The van der Waals surface area contributed by atoms with E-state index in [9.17, 15) is 4.79 Å². The van der Waals surface area contributed by atoms with Gasteiger partial charge in [-0.15, -0.1) is 0 Å². The first kappa shape index (κ1) is 17.1. The Labute approximate surface area is 117 Å². The lowest BCUT2D eigenvalue weighted by Gasteiger charge is -1.93. The van der Waals surface area contributed by atoms with Crippen LogP contribution >= 0.6 is 0 Å². The van der Waals surface area contributed by atoms with Crippen molar-refractivity contribution in [3.8, 4) is 0 Å². The number of unbranched alkanes of at least 4 members (excludes halogenated alkanes) is 1. The average Bonchev–Trinajstić information content (AvgIpc) is 2.48. The third-order valence-electron chi connectivity index (χ3n) is 2.43. The Morgan fingerprint density at radius 3 is 2.47 bits per heavy atom. The summed E-state index contributed by atoms with van der Waals surface area (Å²) >= 11 is 0. The molecule has 0 saturated carbocycles. The summed E-state index contributed by atoms with van der Waals surface area (Å²) in [5.41, 5.74) is 6.16. The number of aliphatic imine (C=N–C) groups is 1. The lowest BCUT2D eigenvalue weighted by Crippen LogP contribution is -2.09. The number of benzene rings is 1. The Morgan fingerprint density at radius 1 is 1.37 bits per heavy atom. The van der Waals surface area contributed by atoms with Gasteiger partial charge in [0, 0.05) is 20.0 Å². The third kappa shape index (κ3) is 8.77. The number of nitrogens with two attached hydrogens (primary N) is 1. The molecule has 106 valence electrons. The molecule has 0 atom stereocenters. The van der Waals surface area contributed by atoms with Crippen LogP contribution in [-0.2, 0) is 0 Å². The Hall–Kier alpha value is -1.90. The molecular formula is C16H26N2O. The van der Waals surface area contributed by atoms with Crippen molar-refractivity contribution in [3.63, 3.8) is 0 Å². The van der Waals surface area contributed by atoms with E-state index in [4.69, 9.17) is 5.73 Å². The summed E-state index contributed by atoms with van der Waals surface area (Å²) in [6.45, 7) is 8.46. The summed E-state index contributed by atoms with van der Waals surface area (Å²) < 4.78 is 0. The number of ketones is 1. The van der Waals surface area contributed by atoms with Crippen molar-refractivity contribution >= 4 is 11.6 Å². The Morgan fingerprint density at radius 2 is 2.00 bits per heavy atom. The van der Waals surface area contributed by atoms with Crippen LogP contribution in [0.1, 0.15) is 44.9 Å². The fraction of sp³-hybridized carbons (Fsp3) is 0.375. The highest BCUT2D eigenvalue weighted by Gasteiger charge is 1.95. The van der Waals surface area contributed by atoms with E-state index in [1.165, 1.54) is 12.5 Å². The van der Waals surface area contributed by atoms with Crippen molar-refractivity contribution in [2.45, 2.75) is 33.1 Å². The maximum Gasteiger partial charge on any atom is 0.185 e. The quantitative estimate of drug-likeness (QED) is 0.278. The molecule has 0 unspecified atom stereocenters. The van der Waals surface area contributed by atoms with E-state index in [-0.39, 0.29) is 7.21 Å². The first-order valence-electron chi connectivity index (χ1n) is 6.66. The predicted molar refractivity (Wildman–Crippen MR) is 84.8 cm³/mol. The maximum atomic E-state index is 10.9. The summed E-state index contributed by atoms with van der Waals surface area (Å²) in [5.74, 6) is 0.754. The zero-order valence-electron chi connectivity index (χ0n) is 11.9. The number of amidine groups is 1. The number of allylic oxidation sites excluding steroid dienone is 1. The van der Waals surface area contributed by atoms with Crippen LogP contribution < -0.4 is 5.73 Å². The molecular weight excluding hydrogens is 236 g/mol. The molecule has 0 aliphatic heterocycles. The second-order valence-electron chi connectivity index (χ2n) is 4.01. The zero-order chi connectivity index (χ0) is 14.5. The number of rotatable bonds is 6. The Bertz CT molecular complexity index is 402. The molecule has 1 aromatic carbocycles. The van der Waals surface area contributed by atoms with Crippen molar-refractivity contribution < 1.29 is 6.22 Å². The Kier molecular flexibility index (Phi) is 10.1. The molecule has 1 aromatic rings. The highest BCUT2D eigenvalue weighted by atomic mass is 16.1. The molecule has 0 aliphatic rings. The molecule has 3 nitrogen and oxygen atoms in total. The maximum absolute atomic E-state index is 10.9. The van der Waals surface area contributed by atoms with Crippen LogP contribution in [-0.4, -0.2) is 18.2 Å². The molecule has 2 N–H and O–H groups in total. The van der Waals surface area contributed by atoms with Crippen molar-refractivity contribution in [2.24, 2.45) is 10.7 Å². The topological polar surface area (TPSA) is 55.5 Å². The van der Waals surface area contributed by atoms with Gasteiger partial charge in [-0.25, -0.2) is 0 Å². The van der Waals surface area contributed by atoms with E-state index in [0.29, 0.717) is 5.56 Å². The van der Waals surface area contributed by atoms with Crippen molar-refractivity contribution in [1.82, 2.24) is 0 Å². The molecule has 0 aromatic heterocycles. The monoisotopic (exact) mass is 262 g/mol. The van der Waals surface area contributed by atoms with Crippen LogP contribution in [0.4, 0.5) is 0 Å². The number of nitrogens with zero attached hydrogens (tertiary/aromatic N) is 1. The van der Waals surface area contributed by atoms with E-state index >= 15 is 0 Å². The molecule has 3 heteroatoms. The molecule has 1 rings (SSSR count). The highest BCUT2D eigenvalue weighted by Crippen LogP contribution is 1.99. The Balaban J connectivity index is 0. The fourth-order valence-corrected chi connectivity index (χ4v) is 1.21. The summed E-state index contributed by atoms with van der Waals surface area (Å²) in [5, 5.41) is 0. The van der Waals surface area contributed by atoms with Gasteiger partial charge >= 0.3 is 0 Å². The van der Waals surface area contributed by atoms with Crippen molar-refractivity contribution in [3.05, 3.63) is 48.6 Å². The van der Waals surface area contributed by atoms with Gasteiger partial charge in [-0.3, -0.25) is 9.79 Å².